The Morgan fingerprint density at radius 2 is 1.70 bits per heavy atom. The molecule has 4 heteroatoms. The second kappa shape index (κ2) is 8.04. The van der Waals surface area contributed by atoms with Gasteiger partial charge in [-0.25, -0.2) is 4.98 Å². The number of pyridine rings is 2. The number of aryl methyl sites for hydroxylation is 1. The second-order valence-corrected chi connectivity index (χ2v) is 3.56. The zero-order chi connectivity index (χ0) is 15.0. The lowest BCUT2D eigenvalue weighted by atomic mass is 10.3. The lowest BCUT2D eigenvalue weighted by Gasteiger charge is -1.94. The van der Waals surface area contributed by atoms with Crippen LogP contribution in [-0.2, 0) is 0 Å². The minimum Gasteiger partial charge on any atom is -0.433 e. The number of rotatable bonds is 1. The molecule has 0 radical (unpaired) electrons. The van der Waals surface area contributed by atoms with Gasteiger partial charge in [0.2, 0.25) is 5.89 Å². The van der Waals surface area contributed by atoms with Gasteiger partial charge in [0, 0.05) is 12.4 Å². The molecular weight excluding hydrogens is 250 g/mol. The van der Waals surface area contributed by atoms with Gasteiger partial charge in [-0.15, -0.1) is 0 Å². The molecule has 3 aromatic heterocycles. The van der Waals surface area contributed by atoms with E-state index in [2.05, 4.69) is 15.0 Å². The summed E-state index contributed by atoms with van der Waals surface area (Å²) in [5.74, 6) is 0.508. The molecule has 3 aromatic rings. The van der Waals surface area contributed by atoms with E-state index in [9.17, 15) is 0 Å². The van der Waals surface area contributed by atoms with E-state index in [1.54, 1.807) is 12.4 Å². The molecule has 4 nitrogen and oxygen atoms in total. The summed E-state index contributed by atoms with van der Waals surface area (Å²) < 4.78 is 5.56. The molecule has 106 valence electrons. The van der Waals surface area contributed by atoms with Crippen molar-refractivity contribution in [2.45, 2.75) is 34.6 Å². The van der Waals surface area contributed by atoms with E-state index in [4.69, 9.17) is 4.42 Å². The van der Waals surface area contributed by atoms with Gasteiger partial charge in [0.1, 0.15) is 5.69 Å². The lowest BCUT2D eigenvalue weighted by molar-refractivity contribution is 0.616. The van der Waals surface area contributed by atoms with E-state index >= 15 is 0 Å². The van der Waals surface area contributed by atoms with Gasteiger partial charge in [-0.3, -0.25) is 4.98 Å². The van der Waals surface area contributed by atoms with Crippen LogP contribution >= 0.6 is 0 Å². The average molecular weight is 271 g/mol. The Labute approximate surface area is 119 Å². The summed E-state index contributed by atoms with van der Waals surface area (Å²) in [7, 11) is 0. The molecule has 3 heterocycles. The van der Waals surface area contributed by atoms with Crippen LogP contribution in [-0.4, -0.2) is 15.0 Å². The maximum Gasteiger partial charge on any atom is 0.247 e. The number of hydrogen-bond acceptors (Lipinski definition) is 4. The molecule has 20 heavy (non-hydrogen) atoms. The molecule has 0 saturated carbocycles. The molecule has 0 fully saturated rings. The smallest absolute Gasteiger partial charge is 0.247 e. The van der Waals surface area contributed by atoms with E-state index < -0.39 is 0 Å². The summed E-state index contributed by atoms with van der Waals surface area (Å²) >= 11 is 0. The number of hydrogen-bond donors (Lipinski definition) is 0. The van der Waals surface area contributed by atoms with Gasteiger partial charge < -0.3 is 4.42 Å². The zero-order valence-corrected chi connectivity index (χ0v) is 12.7. The summed E-state index contributed by atoms with van der Waals surface area (Å²) in [6.07, 6.45) is 3.48. The van der Waals surface area contributed by atoms with Crippen LogP contribution in [0, 0.1) is 6.92 Å². The van der Waals surface area contributed by atoms with Crippen LogP contribution in [0.3, 0.4) is 0 Å². The highest BCUT2D eigenvalue weighted by atomic mass is 16.3. The third kappa shape index (κ3) is 3.63. The molecule has 0 saturated heterocycles. The van der Waals surface area contributed by atoms with Crippen LogP contribution in [0.4, 0.5) is 0 Å². The average Bonchev–Trinajstić information content (AvgIpc) is 2.96. The van der Waals surface area contributed by atoms with Crippen molar-refractivity contribution in [1.82, 2.24) is 15.0 Å². The van der Waals surface area contributed by atoms with Crippen LogP contribution < -0.4 is 0 Å². The Bertz CT molecular complexity index is 597. The van der Waals surface area contributed by atoms with E-state index in [-0.39, 0.29) is 0 Å². The van der Waals surface area contributed by atoms with Gasteiger partial charge in [-0.2, -0.15) is 4.98 Å². The van der Waals surface area contributed by atoms with Crippen molar-refractivity contribution in [2.75, 3.05) is 0 Å². The van der Waals surface area contributed by atoms with Gasteiger partial charge in [-0.05, 0) is 30.7 Å². The highest BCUT2D eigenvalue weighted by Gasteiger charge is 2.08. The fourth-order valence-electron chi connectivity index (χ4n) is 1.47. The van der Waals surface area contributed by atoms with E-state index in [0.717, 1.165) is 11.3 Å². The predicted octanol–water partition coefficient (Wildman–Crippen LogP) is 4.65. The van der Waals surface area contributed by atoms with Gasteiger partial charge in [-0.1, -0.05) is 33.8 Å². The summed E-state index contributed by atoms with van der Waals surface area (Å²) in [5, 5.41) is 0. The van der Waals surface area contributed by atoms with Crippen LogP contribution in [0.25, 0.3) is 22.8 Å². The van der Waals surface area contributed by atoms with Crippen molar-refractivity contribution in [3.63, 3.8) is 0 Å². The first-order valence-corrected chi connectivity index (χ1v) is 6.97. The molecule has 0 unspecified atom stereocenters. The fourth-order valence-corrected chi connectivity index (χ4v) is 1.47. The fraction of sp³-hybridized carbons (Fsp3) is 0.312. The Morgan fingerprint density at radius 1 is 0.950 bits per heavy atom. The minimum atomic E-state index is 0.508. The Kier molecular flexibility index (Phi) is 6.37. The molecule has 0 atom stereocenters. The third-order valence-corrected chi connectivity index (χ3v) is 2.30. The van der Waals surface area contributed by atoms with Crippen LogP contribution in [0.1, 0.15) is 33.3 Å². The standard InChI is InChI=1S/C12H9N3O.2C2H6/c1-8-4-5-9(14-7-8)12-15-11-10(16-12)3-2-6-13-11;2*1-2/h2-7H,1H3;2*1-2H3. The molecule has 3 rings (SSSR count). The van der Waals surface area contributed by atoms with Gasteiger partial charge in [0.15, 0.2) is 11.2 Å². The molecule has 0 spiro atoms. The first-order valence-electron chi connectivity index (χ1n) is 6.97. The van der Waals surface area contributed by atoms with Gasteiger partial charge in [0.25, 0.3) is 0 Å². The monoisotopic (exact) mass is 271 g/mol. The third-order valence-electron chi connectivity index (χ3n) is 2.30. The maximum atomic E-state index is 5.56. The zero-order valence-electron chi connectivity index (χ0n) is 12.7. The van der Waals surface area contributed by atoms with Gasteiger partial charge in [0.05, 0.1) is 0 Å². The predicted molar refractivity (Wildman–Crippen MR) is 82.5 cm³/mol. The maximum absolute atomic E-state index is 5.56. The first kappa shape index (κ1) is 15.8. The number of fused-ring (bicyclic) bond motifs is 1. The summed E-state index contributed by atoms with van der Waals surface area (Å²) in [5.41, 5.74) is 3.13. The van der Waals surface area contributed by atoms with Crippen LogP contribution in [0.2, 0.25) is 0 Å². The van der Waals surface area contributed by atoms with Crippen molar-refractivity contribution in [2.24, 2.45) is 0 Å². The molecule has 0 aliphatic heterocycles. The molecule has 0 aliphatic rings. The van der Waals surface area contributed by atoms with Gasteiger partial charge >= 0.3 is 0 Å². The lowest BCUT2D eigenvalue weighted by Crippen LogP contribution is -1.83. The SMILES string of the molecule is CC.CC.Cc1ccc(-c2nc3ncccc3o2)nc1. The molecule has 0 amide bonds. The quantitative estimate of drug-likeness (QED) is 0.646. The van der Waals surface area contributed by atoms with Crippen LogP contribution in [0.5, 0.6) is 0 Å². The molecule has 0 N–H and O–H groups in total. The number of nitrogens with zero attached hydrogens (tertiary/aromatic N) is 3. The van der Waals surface area contributed by atoms with Crippen LogP contribution in [0.15, 0.2) is 41.1 Å². The van der Waals surface area contributed by atoms with Crippen molar-refractivity contribution in [1.29, 1.82) is 0 Å². The second-order valence-electron chi connectivity index (χ2n) is 3.56. The van der Waals surface area contributed by atoms with E-state index in [1.165, 1.54) is 0 Å². The minimum absolute atomic E-state index is 0.508. The first-order chi connectivity index (χ1) is 9.83. The highest BCUT2D eigenvalue weighted by Crippen LogP contribution is 2.20. The summed E-state index contributed by atoms with van der Waals surface area (Å²) in [4.78, 5) is 12.6. The molecule has 0 aromatic carbocycles. The number of oxazole rings is 1. The summed E-state index contributed by atoms with van der Waals surface area (Å²) in [6, 6.07) is 7.53. The number of aromatic nitrogens is 3. The topological polar surface area (TPSA) is 51.8 Å². The van der Waals surface area contributed by atoms with Crippen molar-refractivity contribution in [3.05, 3.63) is 42.2 Å². The molecule has 0 aliphatic carbocycles. The highest BCUT2D eigenvalue weighted by molar-refractivity contribution is 5.70. The summed E-state index contributed by atoms with van der Waals surface area (Å²) in [6.45, 7) is 9.99. The molecular formula is C16H21N3O. The van der Waals surface area contributed by atoms with E-state index in [0.29, 0.717) is 17.1 Å². The molecule has 0 bridgehead atoms. The Morgan fingerprint density at radius 3 is 2.30 bits per heavy atom. The Hall–Kier alpha value is -2.23. The van der Waals surface area contributed by atoms with E-state index in [1.807, 2.05) is 58.9 Å². The largest absolute Gasteiger partial charge is 0.433 e. The Balaban J connectivity index is 0.000000461. The normalized spacial score (nSPS) is 9.25. The van der Waals surface area contributed by atoms with Crippen molar-refractivity contribution < 1.29 is 4.42 Å². The van der Waals surface area contributed by atoms with Crippen molar-refractivity contribution in [3.8, 4) is 11.6 Å². The van der Waals surface area contributed by atoms with Crippen molar-refractivity contribution >= 4 is 11.2 Å².